The number of primary amides is 1. The molecule has 1 heterocycles. The molecule has 3 rings (SSSR count). The van der Waals surface area contributed by atoms with Crippen LogP contribution in [-0.4, -0.2) is 21.7 Å². The zero-order valence-corrected chi connectivity index (χ0v) is 14.5. The number of carbonyl (C=O) groups excluding carboxylic acids is 1. The second-order valence-electron chi connectivity index (χ2n) is 6.91. The van der Waals surface area contributed by atoms with Crippen molar-refractivity contribution < 1.29 is 36.3 Å². The number of nitrogens with two attached hydrogens (primary N) is 1. The molecule has 10 heteroatoms. The predicted molar refractivity (Wildman–Crippen MR) is 84.7 cm³/mol. The van der Waals surface area contributed by atoms with Crippen molar-refractivity contribution in [3.05, 3.63) is 70.3 Å². The third-order valence-electron chi connectivity index (χ3n) is 4.93. The summed E-state index contributed by atoms with van der Waals surface area (Å²) >= 11 is 0. The van der Waals surface area contributed by atoms with Crippen molar-refractivity contribution in [2.75, 3.05) is 0 Å². The van der Waals surface area contributed by atoms with Gasteiger partial charge in [-0.3, -0.25) is 4.79 Å². The predicted octanol–water partition coefficient (Wildman–Crippen LogP) is 3.07. The molecule has 2 atom stereocenters. The molecule has 1 aliphatic rings. The first-order valence-corrected chi connectivity index (χ1v) is 7.94. The topological polar surface area (TPSA) is 66.6 Å². The number of halogens is 6. The van der Waals surface area contributed by atoms with Crippen molar-refractivity contribution in [1.29, 1.82) is 0 Å². The maximum Gasteiger partial charge on any atom is 0.297 e. The van der Waals surface area contributed by atoms with Gasteiger partial charge in [-0.1, -0.05) is 35.5 Å². The van der Waals surface area contributed by atoms with E-state index in [1.807, 2.05) is 0 Å². The lowest BCUT2D eigenvalue weighted by Crippen LogP contribution is -2.60. The fraction of sp³-hybridized carbons (Fsp3) is 0.278. The summed E-state index contributed by atoms with van der Waals surface area (Å²) < 4.78 is 88.3. The molecule has 0 saturated heterocycles. The molecule has 0 aromatic heterocycles. The van der Waals surface area contributed by atoms with E-state index in [4.69, 9.17) is 5.73 Å². The summed E-state index contributed by atoms with van der Waals surface area (Å²) in [4.78, 5) is 11.8. The number of benzene rings is 2. The van der Waals surface area contributed by atoms with Crippen LogP contribution in [0.4, 0.5) is 26.4 Å². The van der Waals surface area contributed by atoms with Crippen LogP contribution in [0.5, 0.6) is 0 Å². The van der Waals surface area contributed by atoms with Gasteiger partial charge in [0.15, 0.2) is 23.3 Å². The number of hydrogen-bond donors (Lipinski definition) is 2. The van der Waals surface area contributed by atoms with Gasteiger partial charge in [-0.2, -0.15) is 0 Å². The van der Waals surface area contributed by atoms with Crippen LogP contribution in [0.25, 0.3) is 0 Å². The maximum absolute atomic E-state index is 15.6. The minimum absolute atomic E-state index is 0.365. The zero-order valence-electron chi connectivity index (χ0n) is 14.5. The minimum Gasteiger partial charge on any atom is -0.388 e. The van der Waals surface area contributed by atoms with Crippen molar-refractivity contribution in [1.82, 2.24) is 5.12 Å². The Hall–Kier alpha value is -2.59. The second-order valence-corrected chi connectivity index (χ2v) is 6.91. The number of amides is 1. The minimum atomic E-state index is -4.23. The van der Waals surface area contributed by atoms with Crippen LogP contribution in [0.2, 0.25) is 0 Å². The van der Waals surface area contributed by atoms with Crippen molar-refractivity contribution in [3.63, 3.8) is 0 Å². The zero-order chi connectivity index (χ0) is 21.2. The first-order chi connectivity index (χ1) is 12.8. The summed E-state index contributed by atoms with van der Waals surface area (Å²) in [5.41, 5.74) is -4.11. The molecule has 0 radical (unpaired) electrons. The van der Waals surface area contributed by atoms with Gasteiger partial charge in [0.1, 0.15) is 5.54 Å². The van der Waals surface area contributed by atoms with Gasteiger partial charge in [-0.15, -0.1) is 4.48 Å². The molecule has 28 heavy (non-hydrogen) atoms. The van der Waals surface area contributed by atoms with Gasteiger partial charge >= 0.3 is 0 Å². The normalized spacial score (nSPS) is 25.0. The second kappa shape index (κ2) is 5.95. The molecule has 1 amide bonds. The number of rotatable bonds is 3. The van der Waals surface area contributed by atoms with E-state index in [1.54, 1.807) is 0 Å². The lowest BCUT2D eigenvalue weighted by atomic mass is 9.72. The van der Waals surface area contributed by atoms with E-state index in [1.165, 1.54) is 18.2 Å². The molecule has 2 unspecified atom stereocenters. The molecule has 0 aliphatic carbocycles. The van der Waals surface area contributed by atoms with Gasteiger partial charge < -0.3 is 10.8 Å². The molecule has 1 aliphatic heterocycles. The van der Waals surface area contributed by atoms with E-state index < -0.39 is 62.4 Å². The van der Waals surface area contributed by atoms with Gasteiger partial charge in [0.2, 0.25) is 0 Å². The Kier molecular flexibility index (Phi) is 4.28. The van der Waals surface area contributed by atoms with Crippen LogP contribution in [0.15, 0.2) is 30.3 Å². The van der Waals surface area contributed by atoms with Gasteiger partial charge in [-0.05, 0) is 19.4 Å². The maximum atomic E-state index is 15.6. The number of nitrogens with zero attached hydrogens (tertiary/aromatic N) is 1. The van der Waals surface area contributed by atoms with E-state index in [0.29, 0.717) is 0 Å². The lowest BCUT2D eigenvalue weighted by molar-refractivity contribution is -0.238. The lowest BCUT2D eigenvalue weighted by Gasteiger charge is -2.44. The molecule has 2 aromatic rings. The first-order valence-electron chi connectivity index (χ1n) is 7.94. The van der Waals surface area contributed by atoms with Crippen LogP contribution in [0, 0.1) is 23.3 Å². The monoisotopic (exact) mass is 404 g/mol. The molecule has 2 aromatic carbocycles. The van der Waals surface area contributed by atoms with Gasteiger partial charge in [-0.25, -0.2) is 22.0 Å². The number of aliphatic hydroxyl groups is 1. The molecular formula is C18H14F6N2O2. The quantitative estimate of drug-likeness (QED) is 0.272. The highest BCUT2D eigenvalue weighted by atomic mass is 19.2. The third-order valence-corrected chi connectivity index (χ3v) is 4.93. The fourth-order valence-corrected chi connectivity index (χ4v) is 3.77. The Morgan fingerprint density at radius 2 is 1.46 bits per heavy atom. The molecule has 0 bridgehead atoms. The van der Waals surface area contributed by atoms with Gasteiger partial charge in [0.25, 0.3) is 11.7 Å². The average molecular weight is 404 g/mol. The Labute approximate surface area is 155 Å². The highest BCUT2D eigenvalue weighted by Crippen LogP contribution is 2.60. The van der Waals surface area contributed by atoms with E-state index in [0.717, 1.165) is 26.0 Å². The Bertz CT molecular complexity index is 979. The third kappa shape index (κ3) is 2.12. The van der Waals surface area contributed by atoms with E-state index in [2.05, 4.69) is 0 Å². The standard InChI is InChI=1S/C18H14F6N2O2/c1-16(2,28)17(8-6-4-3-5-7-8)9-10(18(23,15(25)27)26(17)24)12(20)14(22)13(21)11(9)19/h3-7,28H,1-2H3,(H2,25,27). The smallest absolute Gasteiger partial charge is 0.297 e. The number of fused-ring (bicyclic) bond motifs is 1. The summed E-state index contributed by atoms with van der Waals surface area (Å²) in [7, 11) is 0. The van der Waals surface area contributed by atoms with Crippen LogP contribution < -0.4 is 5.73 Å². The van der Waals surface area contributed by atoms with Crippen LogP contribution in [0.3, 0.4) is 0 Å². The number of carbonyl (C=O) groups is 1. The molecule has 0 saturated carbocycles. The summed E-state index contributed by atoms with van der Waals surface area (Å²) in [5, 5.41) is 9.73. The van der Waals surface area contributed by atoms with Crippen LogP contribution in [0.1, 0.15) is 30.5 Å². The molecule has 3 N–H and O–H groups in total. The molecule has 4 nitrogen and oxygen atoms in total. The molecule has 150 valence electrons. The Morgan fingerprint density at radius 1 is 1.00 bits per heavy atom. The first kappa shape index (κ1) is 20.2. The Morgan fingerprint density at radius 3 is 1.89 bits per heavy atom. The number of alkyl halides is 1. The van der Waals surface area contributed by atoms with Crippen molar-refractivity contribution >= 4 is 5.91 Å². The summed E-state index contributed by atoms with van der Waals surface area (Å²) in [6, 6.07) is 6.26. The highest BCUT2D eigenvalue weighted by Gasteiger charge is 2.72. The van der Waals surface area contributed by atoms with Crippen LogP contribution in [-0.2, 0) is 16.1 Å². The molecular weight excluding hydrogens is 390 g/mol. The van der Waals surface area contributed by atoms with Gasteiger partial charge in [0.05, 0.1) is 11.2 Å². The van der Waals surface area contributed by atoms with E-state index in [-0.39, 0.29) is 5.56 Å². The highest BCUT2D eigenvalue weighted by molar-refractivity contribution is 5.87. The molecule has 0 fully saturated rings. The average Bonchev–Trinajstić information content (AvgIpc) is 2.85. The summed E-state index contributed by atoms with van der Waals surface area (Å²) in [5.74, 6) is -15.7. The Balaban J connectivity index is 2.65. The van der Waals surface area contributed by atoms with E-state index in [9.17, 15) is 27.5 Å². The van der Waals surface area contributed by atoms with Crippen molar-refractivity contribution in [2.45, 2.75) is 30.8 Å². The van der Waals surface area contributed by atoms with Crippen molar-refractivity contribution in [3.8, 4) is 0 Å². The van der Waals surface area contributed by atoms with Crippen LogP contribution >= 0.6 is 0 Å². The summed E-state index contributed by atoms with van der Waals surface area (Å²) in [6.07, 6.45) is 0. The number of hydrogen-bond acceptors (Lipinski definition) is 3. The molecule has 0 spiro atoms. The van der Waals surface area contributed by atoms with Crippen molar-refractivity contribution in [2.24, 2.45) is 5.73 Å². The SMILES string of the molecule is CC(C)(O)C1(c2ccccc2)c2c(F)c(F)c(F)c(F)c2C(F)(C(N)=O)N1F. The summed E-state index contributed by atoms with van der Waals surface area (Å²) in [6.45, 7) is 1.81. The largest absolute Gasteiger partial charge is 0.388 e. The van der Waals surface area contributed by atoms with Gasteiger partial charge in [0, 0.05) is 5.56 Å². The van der Waals surface area contributed by atoms with E-state index >= 15 is 8.87 Å². The fourth-order valence-electron chi connectivity index (χ4n) is 3.77.